The van der Waals surface area contributed by atoms with Gasteiger partial charge in [0.15, 0.2) is 6.61 Å². The van der Waals surface area contributed by atoms with Gasteiger partial charge in [-0.3, -0.25) is 19.7 Å². The number of benzene rings is 2. The van der Waals surface area contributed by atoms with Crippen LogP contribution in [0.3, 0.4) is 0 Å². The smallest absolute Gasteiger partial charge is 0.335 e. The van der Waals surface area contributed by atoms with Crippen LogP contribution in [0.5, 0.6) is 5.75 Å². The number of barbiturate groups is 1. The molecule has 0 radical (unpaired) electrons. The highest BCUT2D eigenvalue weighted by atomic mass is 35.5. The van der Waals surface area contributed by atoms with Crippen LogP contribution in [0.15, 0.2) is 48.0 Å². The number of rotatable bonds is 5. The molecule has 0 aromatic heterocycles. The fraction of sp³-hybridized carbons (Fsp3) is 0.0526. The maximum Gasteiger partial charge on any atom is 0.335 e. The van der Waals surface area contributed by atoms with Crippen molar-refractivity contribution in [1.82, 2.24) is 5.32 Å². The summed E-state index contributed by atoms with van der Waals surface area (Å²) in [6, 6.07) is 9.61. The minimum absolute atomic E-state index is 0.145. The molecule has 1 heterocycles. The number of anilines is 1. The summed E-state index contributed by atoms with van der Waals surface area (Å²) in [6.07, 6.45) is 1.30. The molecule has 1 fully saturated rings. The predicted octanol–water partition coefficient (Wildman–Crippen LogP) is 2.52. The highest BCUT2D eigenvalue weighted by molar-refractivity contribution is 6.43. The highest BCUT2D eigenvalue weighted by Crippen LogP contribution is 2.29. The summed E-state index contributed by atoms with van der Waals surface area (Å²) in [5.41, 5.74) is 5.35. The zero-order valence-corrected chi connectivity index (χ0v) is 16.2. The molecule has 29 heavy (non-hydrogen) atoms. The monoisotopic (exact) mass is 433 g/mol. The average molecular weight is 434 g/mol. The molecule has 1 aliphatic heterocycles. The van der Waals surface area contributed by atoms with Gasteiger partial charge < -0.3 is 10.5 Å². The standard InChI is InChI=1S/C19H13Cl2N3O5/c20-14-5-4-11(8-15(14)21)24-18(27)13(17(26)23-19(24)28)7-10-2-1-3-12(6-10)29-9-16(22)25/h1-8H,9H2,(H2,22,25)(H,23,26,28)/b13-7-. The van der Waals surface area contributed by atoms with Gasteiger partial charge in [-0.2, -0.15) is 0 Å². The number of primary amides is 1. The molecule has 148 valence electrons. The summed E-state index contributed by atoms with van der Waals surface area (Å²) in [6.45, 7) is -0.320. The first-order valence-corrected chi connectivity index (χ1v) is 8.89. The lowest BCUT2D eigenvalue weighted by atomic mass is 10.1. The summed E-state index contributed by atoms with van der Waals surface area (Å²) in [5, 5.41) is 2.50. The minimum Gasteiger partial charge on any atom is -0.484 e. The Morgan fingerprint density at radius 2 is 1.86 bits per heavy atom. The first-order chi connectivity index (χ1) is 13.8. The Morgan fingerprint density at radius 3 is 2.55 bits per heavy atom. The summed E-state index contributed by atoms with van der Waals surface area (Å²) in [5.74, 6) is -2.01. The molecule has 1 aliphatic rings. The Labute approximate surface area is 174 Å². The van der Waals surface area contributed by atoms with Crippen LogP contribution in [-0.4, -0.2) is 30.4 Å². The van der Waals surface area contributed by atoms with Crippen molar-refractivity contribution in [3.8, 4) is 5.75 Å². The van der Waals surface area contributed by atoms with E-state index in [1.165, 1.54) is 30.3 Å². The van der Waals surface area contributed by atoms with Gasteiger partial charge in [-0.15, -0.1) is 0 Å². The summed E-state index contributed by atoms with van der Waals surface area (Å²) in [7, 11) is 0. The second kappa shape index (κ2) is 8.34. The van der Waals surface area contributed by atoms with E-state index in [2.05, 4.69) is 5.32 Å². The molecule has 2 aromatic carbocycles. The minimum atomic E-state index is -0.908. The van der Waals surface area contributed by atoms with Crippen molar-refractivity contribution >= 4 is 58.7 Å². The number of amides is 5. The second-order valence-electron chi connectivity index (χ2n) is 5.88. The Hall–Kier alpha value is -3.36. The molecule has 0 atom stereocenters. The number of halogens is 2. The molecule has 0 spiro atoms. The van der Waals surface area contributed by atoms with Gasteiger partial charge in [-0.1, -0.05) is 35.3 Å². The molecule has 3 N–H and O–H groups in total. The maximum absolute atomic E-state index is 12.9. The Bertz CT molecular complexity index is 1070. The lowest BCUT2D eigenvalue weighted by molar-refractivity contribution is -0.123. The SMILES string of the molecule is NC(=O)COc1cccc(/C=C2/C(=O)NC(=O)N(c3ccc(Cl)c(Cl)c3)C2=O)c1. The normalized spacial score (nSPS) is 15.4. The fourth-order valence-corrected chi connectivity index (χ4v) is 2.82. The average Bonchev–Trinajstić information content (AvgIpc) is 2.66. The first-order valence-electron chi connectivity index (χ1n) is 8.14. The van der Waals surface area contributed by atoms with Gasteiger partial charge in [0.1, 0.15) is 11.3 Å². The molecule has 0 aliphatic carbocycles. The number of hydrogen-bond donors (Lipinski definition) is 2. The quantitative estimate of drug-likeness (QED) is 0.554. The van der Waals surface area contributed by atoms with Gasteiger partial charge in [0, 0.05) is 0 Å². The van der Waals surface area contributed by atoms with Crippen LogP contribution in [0.4, 0.5) is 10.5 Å². The number of carbonyl (C=O) groups excluding carboxylic acids is 4. The van der Waals surface area contributed by atoms with E-state index in [0.717, 1.165) is 4.90 Å². The third-order valence-electron chi connectivity index (χ3n) is 3.81. The first kappa shape index (κ1) is 20.4. The van der Waals surface area contributed by atoms with Crippen LogP contribution in [-0.2, 0) is 14.4 Å². The van der Waals surface area contributed by atoms with Crippen LogP contribution < -0.4 is 20.7 Å². The van der Waals surface area contributed by atoms with Gasteiger partial charge in [0.2, 0.25) is 0 Å². The Balaban J connectivity index is 1.94. The van der Waals surface area contributed by atoms with E-state index in [4.69, 9.17) is 33.7 Å². The molecular weight excluding hydrogens is 421 g/mol. The van der Waals surface area contributed by atoms with Crippen LogP contribution in [0.2, 0.25) is 10.0 Å². The van der Waals surface area contributed by atoms with Crippen LogP contribution in [0.1, 0.15) is 5.56 Å². The van der Waals surface area contributed by atoms with E-state index in [1.807, 2.05) is 0 Å². The highest BCUT2D eigenvalue weighted by Gasteiger charge is 2.37. The third-order valence-corrected chi connectivity index (χ3v) is 4.55. The van der Waals surface area contributed by atoms with Gasteiger partial charge >= 0.3 is 6.03 Å². The van der Waals surface area contributed by atoms with Crippen molar-refractivity contribution in [1.29, 1.82) is 0 Å². The number of nitrogens with zero attached hydrogens (tertiary/aromatic N) is 1. The third kappa shape index (κ3) is 4.56. The maximum atomic E-state index is 12.9. The molecule has 0 saturated carbocycles. The molecule has 10 heteroatoms. The molecule has 2 aromatic rings. The molecular formula is C19H13Cl2N3O5. The van der Waals surface area contributed by atoms with Crippen molar-refractivity contribution in [3.05, 3.63) is 63.6 Å². The summed E-state index contributed by atoms with van der Waals surface area (Å²) < 4.78 is 5.20. The van der Waals surface area contributed by atoms with Crippen molar-refractivity contribution in [3.63, 3.8) is 0 Å². The number of imide groups is 2. The zero-order valence-electron chi connectivity index (χ0n) is 14.6. The van der Waals surface area contributed by atoms with Crippen molar-refractivity contribution in [2.45, 2.75) is 0 Å². The molecule has 5 amide bonds. The second-order valence-corrected chi connectivity index (χ2v) is 6.70. The molecule has 8 nitrogen and oxygen atoms in total. The van der Waals surface area contributed by atoms with Crippen LogP contribution in [0.25, 0.3) is 6.08 Å². The van der Waals surface area contributed by atoms with Crippen LogP contribution in [0, 0.1) is 0 Å². The molecule has 1 saturated heterocycles. The van der Waals surface area contributed by atoms with Gasteiger partial charge in [0.25, 0.3) is 17.7 Å². The van der Waals surface area contributed by atoms with E-state index in [1.54, 1.807) is 18.2 Å². The largest absolute Gasteiger partial charge is 0.484 e. The topological polar surface area (TPSA) is 119 Å². The lowest BCUT2D eigenvalue weighted by Gasteiger charge is -2.26. The number of hydrogen-bond acceptors (Lipinski definition) is 5. The van der Waals surface area contributed by atoms with Crippen LogP contribution >= 0.6 is 23.2 Å². The van der Waals surface area contributed by atoms with Crippen molar-refractivity contribution in [2.24, 2.45) is 5.73 Å². The van der Waals surface area contributed by atoms with Gasteiger partial charge in [-0.05, 0) is 42.0 Å². The number of nitrogens with one attached hydrogen (secondary N) is 1. The predicted molar refractivity (Wildman–Crippen MR) is 107 cm³/mol. The number of ether oxygens (including phenoxy) is 1. The summed E-state index contributed by atoms with van der Waals surface area (Å²) in [4.78, 5) is 48.9. The Kier molecular flexibility index (Phi) is 5.86. The number of nitrogens with two attached hydrogens (primary N) is 1. The van der Waals surface area contributed by atoms with E-state index in [9.17, 15) is 19.2 Å². The fourth-order valence-electron chi connectivity index (χ4n) is 2.53. The van der Waals surface area contributed by atoms with E-state index in [0.29, 0.717) is 11.3 Å². The number of carbonyl (C=O) groups is 4. The molecule has 0 bridgehead atoms. The lowest BCUT2D eigenvalue weighted by Crippen LogP contribution is -2.54. The van der Waals surface area contributed by atoms with E-state index in [-0.39, 0.29) is 27.9 Å². The van der Waals surface area contributed by atoms with Crippen molar-refractivity contribution in [2.75, 3.05) is 11.5 Å². The molecule has 3 rings (SSSR count). The summed E-state index contributed by atoms with van der Waals surface area (Å²) >= 11 is 11.8. The van der Waals surface area contributed by atoms with E-state index < -0.39 is 23.8 Å². The van der Waals surface area contributed by atoms with E-state index >= 15 is 0 Å². The molecule has 0 unspecified atom stereocenters. The Morgan fingerprint density at radius 1 is 1.10 bits per heavy atom. The van der Waals surface area contributed by atoms with Crippen molar-refractivity contribution < 1.29 is 23.9 Å². The van der Waals surface area contributed by atoms with Gasteiger partial charge in [-0.25, -0.2) is 9.69 Å². The van der Waals surface area contributed by atoms with Gasteiger partial charge in [0.05, 0.1) is 15.7 Å². The number of urea groups is 1. The zero-order chi connectivity index (χ0) is 21.1.